The van der Waals surface area contributed by atoms with Gasteiger partial charge in [-0.1, -0.05) is 19.6 Å². The summed E-state index contributed by atoms with van der Waals surface area (Å²) in [5.41, 5.74) is 9.71. The van der Waals surface area contributed by atoms with Crippen molar-refractivity contribution in [1.82, 2.24) is 15.6 Å². The van der Waals surface area contributed by atoms with Crippen LogP contribution in [0.25, 0.3) is 6.08 Å². The van der Waals surface area contributed by atoms with E-state index in [0.29, 0.717) is 30.5 Å². The van der Waals surface area contributed by atoms with Crippen molar-refractivity contribution in [3.63, 3.8) is 0 Å². The molecule has 1 aromatic heterocycles. The molecule has 0 aliphatic carbocycles. The van der Waals surface area contributed by atoms with E-state index in [2.05, 4.69) is 22.2 Å². The summed E-state index contributed by atoms with van der Waals surface area (Å²) in [6, 6.07) is -0.393. The van der Waals surface area contributed by atoms with E-state index in [4.69, 9.17) is 4.99 Å². The summed E-state index contributed by atoms with van der Waals surface area (Å²) >= 11 is 0. The Balaban J connectivity index is 1.74. The monoisotopic (exact) mass is 588 g/mol. The Hall–Kier alpha value is -4.47. The summed E-state index contributed by atoms with van der Waals surface area (Å²) in [6.07, 6.45) is 5.61. The van der Waals surface area contributed by atoms with Crippen molar-refractivity contribution >= 4 is 35.5 Å². The van der Waals surface area contributed by atoms with Crippen molar-refractivity contribution in [1.29, 1.82) is 0 Å². The largest absolute Gasteiger partial charge is 0.481 e. The smallest absolute Gasteiger partial charge is 0.303 e. The van der Waals surface area contributed by atoms with Gasteiger partial charge in [0.1, 0.15) is 0 Å². The number of aliphatic carboxylic acids is 2. The fraction of sp³-hybridized carbons (Fsp3) is 0.424. The molecular weight excluding hydrogens is 548 g/mol. The number of carbonyl (C=O) groups is 4. The SMILES string of the molecule is C=CC1=C(C)C(CC2=N/C(=C\c3[nH]c(CC4NC(=O)C(C)=C4CC)c(C)c3CCC(=O)O)C(CCC(=O)O)=C2C)NC1=O. The zero-order chi connectivity index (χ0) is 31.6. The average Bonchev–Trinajstić information content (AvgIpc) is 3.59. The third-order valence-electron chi connectivity index (χ3n) is 8.86. The summed E-state index contributed by atoms with van der Waals surface area (Å²) in [5, 5.41) is 24.9. The van der Waals surface area contributed by atoms with E-state index in [1.807, 2.05) is 40.7 Å². The minimum absolute atomic E-state index is 0.0540. The van der Waals surface area contributed by atoms with Gasteiger partial charge in [-0.15, -0.1) is 0 Å². The molecule has 0 bridgehead atoms. The molecule has 0 radical (unpaired) electrons. The summed E-state index contributed by atoms with van der Waals surface area (Å²) < 4.78 is 0. The van der Waals surface area contributed by atoms with Crippen LogP contribution in [-0.4, -0.2) is 56.7 Å². The maximum atomic E-state index is 12.4. The van der Waals surface area contributed by atoms with Gasteiger partial charge in [0, 0.05) is 53.9 Å². The second kappa shape index (κ2) is 12.8. The zero-order valence-corrected chi connectivity index (χ0v) is 25.4. The van der Waals surface area contributed by atoms with Gasteiger partial charge in [-0.2, -0.15) is 0 Å². The number of rotatable bonds is 13. The highest BCUT2D eigenvalue weighted by Gasteiger charge is 2.32. The van der Waals surface area contributed by atoms with Crippen LogP contribution in [0.4, 0.5) is 0 Å². The van der Waals surface area contributed by atoms with E-state index in [0.717, 1.165) is 62.5 Å². The quantitative estimate of drug-likeness (QED) is 0.228. The van der Waals surface area contributed by atoms with Crippen LogP contribution < -0.4 is 10.6 Å². The minimum atomic E-state index is -0.917. The van der Waals surface area contributed by atoms with E-state index in [9.17, 15) is 29.4 Å². The summed E-state index contributed by atoms with van der Waals surface area (Å²) in [5.74, 6) is -2.07. The Morgan fingerprint density at radius 3 is 2.19 bits per heavy atom. The van der Waals surface area contributed by atoms with Gasteiger partial charge in [-0.05, 0) is 86.5 Å². The predicted octanol–water partition coefficient (Wildman–Crippen LogP) is 4.48. The number of nitrogens with zero attached hydrogens (tertiary/aromatic N) is 1. The lowest BCUT2D eigenvalue weighted by Crippen LogP contribution is -2.31. The van der Waals surface area contributed by atoms with Crippen LogP contribution in [0, 0.1) is 6.92 Å². The first-order valence-electron chi connectivity index (χ1n) is 14.6. The van der Waals surface area contributed by atoms with Crippen molar-refractivity contribution in [3.8, 4) is 0 Å². The van der Waals surface area contributed by atoms with Crippen molar-refractivity contribution < 1.29 is 29.4 Å². The Labute approximate surface area is 251 Å². The number of H-pyrrole nitrogens is 1. The van der Waals surface area contributed by atoms with Crippen LogP contribution in [0.2, 0.25) is 0 Å². The number of nitrogens with one attached hydrogen (secondary N) is 3. The van der Waals surface area contributed by atoms with Crippen LogP contribution in [0.15, 0.2) is 56.8 Å². The number of aromatic amines is 1. The molecule has 3 aliphatic heterocycles. The molecule has 2 unspecified atom stereocenters. The minimum Gasteiger partial charge on any atom is -0.481 e. The Morgan fingerprint density at radius 2 is 1.58 bits per heavy atom. The molecule has 0 spiro atoms. The predicted molar refractivity (Wildman–Crippen MR) is 165 cm³/mol. The first-order valence-corrected chi connectivity index (χ1v) is 14.6. The lowest BCUT2D eigenvalue weighted by Gasteiger charge is -2.14. The van der Waals surface area contributed by atoms with E-state index in [1.54, 1.807) is 6.08 Å². The molecule has 10 nitrogen and oxygen atoms in total. The van der Waals surface area contributed by atoms with Crippen LogP contribution in [0.1, 0.15) is 82.3 Å². The zero-order valence-electron chi connectivity index (χ0n) is 25.4. The fourth-order valence-electron chi connectivity index (χ4n) is 6.28. The number of hydrogen-bond donors (Lipinski definition) is 5. The molecule has 2 atom stereocenters. The molecule has 4 rings (SSSR count). The molecule has 0 saturated carbocycles. The molecule has 0 fully saturated rings. The number of carbonyl (C=O) groups excluding carboxylic acids is 2. The van der Waals surface area contributed by atoms with Gasteiger partial charge in [0.2, 0.25) is 5.91 Å². The third-order valence-corrected chi connectivity index (χ3v) is 8.86. The van der Waals surface area contributed by atoms with Gasteiger partial charge in [0.15, 0.2) is 0 Å². The van der Waals surface area contributed by atoms with E-state index in [1.165, 1.54) is 0 Å². The first kappa shape index (κ1) is 31.5. The molecule has 0 saturated heterocycles. The van der Waals surface area contributed by atoms with Gasteiger partial charge >= 0.3 is 11.9 Å². The highest BCUT2D eigenvalue weighted by Crippen LogP contribution is 2.35. The Bertz CT molecular complexity index is 1560. The van der Waals surface area contributed by atoms with Crippen LogP contribution >= 0.6 is 0 Å². The summed E-state index contributed by atoms with van der Waals surface area (Å²) in [4.78, 5) is 56.2. The third kappa shape index (κ3) is 6.48. The summed E-state index contributed by atoms with van der Waals surface area (Å²) in [7, 11) is 0. The molecule has 228 valence electrons. The Morgan fingerprint density at radius 1 is 0.930 bits per heavy atom. The Kier molecular flexibility index (Phi) is 9.37. The number of hydrogen-bond acceptors (Lipinski definition) is 5. The number of aliphatic imine (C=N–C) groups is 1. The van der Waals surface area contributed by atoms with Gasteiger partial charge in [-0.3, -0.25) is 24.2 Å². The van der Waals surface area contributed by atoms with Crippen LogP contribution in [0.3, 0.4) is 0 Å². The fourth-order valence-corrected chi connectivity index (χ4v) is 6.28. The van der Waals surface area contributed by atoms with Gasteiger partial charge in [-0.25, -0.2) is 0 Å². The number of carboxylic acid groups (broad SMARTS) is 2. The highest BCUT2D eigenvalue weighted by molar-refractivity contribution is 6.07. The highest BCUT2D eigenvalue weighted by atomic mass is 16.4. The van der Waals surface area contributed by atoms with Gasteiger partial charge in [0.05, 0.1) is 17.8 Å². The maximum Gasteiger partial charge on any atom is 0.303 e. The number of allylic oxidation sites excluding steroid dienone is 2. The molecule has 4 heterocycles. The second-order valence-corrected chi connectivity index (χ2v) is 11.4. The maximum absolute atomic E-state index is 12.4. The van der Waals surface area contributed by atoms with E-state index >= 15 is 0 Å². The number of carboxylic acids is 2. The van der Waals surface area contributed by atoms with Crippen LogP contribution in [-0.2, 0) is 32.0 Å². The van der Waals surface area contributed by atoms with Crippen molar-refractivity contribution in [2.45, 2.75) is 91.6 Å². The van der Waals surface area contributed by atoms with Gasteiger partial charge in [0.25, 0.3) is 5.91 Å². The summed E-state index contributed by atoms with van der Waals surface area (Å²) in [6.45, 7) is 13.4. The molecule has 0 aromatic carbocycles. The first-order chi connectivity index (χ1) is 20.4. The molecule has 43 heavy (non-hydrogen) atoms. The molecule has 10 heteroatoms. The average molecular weight is 589 g/mol. The van der Waals surface area contributed by atoms with Crippen LogP contribution in [0.5, 0.6) is 0 Å². The van der Waals surface area contributed by atoms with Crippen molar-refractivity contribution in [2.24, 2.45) is 4.99 Å². The molecule has 2 amide bonds. The second-order valence-electron chi connectivity index (χ2n) is 11.4. The molecule has 3 aliphatic rings. The number of amides is 2. The standard InChI is InChI=1S/C33H40N4O6/c1-7-20-19(6)32(42)37-27(20)14-25-18(5)23(10-12-31(40)41)29(35-25)15-28-22(9-11-30(38)39)17(4)24(34-28)13-26-16(3)21(8-2)33(43)36-26/h8,15,26-27,35H,2,7,9-14H2,1,3-6H3,(H,36,43)(H,37,42)(H,38,39)(H,40,41)/b28-15-. The van der Waals surface area contributed by atoms with Crippen molar-refractivity contribution in [2.75, 3.05) is 0 Å². The van der Waals surface area contributed by atoms with E-state index in [-0.39, 0.29) is 43.2 Å². The topological polar surface area (TPSA) is 161 Å². The lowest BCUT2D eigenvalue weighted by molar-refractivity contribution is -0.138. The van der Waals surface area contributed by atoms with Gasteiger partial charge < -0.3 is 25.8 Å². The molecule has 5 N–H and O–H groups in total. The lowest BCUT2D eigenvalue weighted by atomic mass is 9.95. The number of aromatic nitrogens is 1. The van der Waals surface area contributed by atoms with Crippen molar-refractivity contribution in [3.05, 3.63) is 74.3 Å². The van der Waals surface area contributed by atoms with E-state index < -0.39 is 11.9 Å². The normalized spacial score (nSPS) is 21.2. The molecule has 1 aromatic rings. The molecular formula is C33H40N4O6.